The van der Waals surface area contributed by atoms with Crippen molar-refractivity contribution in [2.24, 2.45) is 0 Å². The second kappa shape index (κ2) is 4.45. The van der Waals surface area contributed by atoms with Crippen molar-refractivity contribution in [1.82, 2.24) is 14.9 Å². The summed E-state index contributed by atoms with van der Waals surface area (Å²) < 4.78 is 0.974. The highest BCUT2D eigenvalue weighted by atomic mass is 79.9. The van der Waals surface area contributed by atoms with Gasteiger partial charge in [0.05, 0.1) is 4.47 Å². The smallest absolute Gasteiger partial charge is 0.146 e. The lowest BCUT2D eigenvalue weighted by molar-refractivity contribution is 0.274. The average molecular weight is 271 g/mol. The first-order valence-corrected chi connectivity index (χ1v) is 5.88. The fourth-order valence-electron chi connectivity index (χ4n) is 1.97. The lowest BCUT2D eigenvalue weighted by atomic mass is 10.2. The van der Waals surface area contributed by atoms with Crippen LogP contribution in [0.15, 0.2) is 17.0 Å². The second-order valence-corrected chi connectivity index (χ2v) is 4.85. The molecule has 2 rings (SSSR count). The molecule has 0 saturated carbocycles. The van der Waals surface area contributed by atoms with Gasteiger partial charge in [0, 0.05) is 31.9 Å². The van der Waals surface area contributed by atoms with Crippen molar-refractivity contribution >= 4 is 21.7 Å². The quantitative estimate of drug-likeness (QED) is 0.772. The van der Waals surface area contributed by atoms with E-state index < -0.39 is 0 Å². The molecule has 0 amide bonds. The molecular formula is C10H15BrN4. The first-order chi connectivity index (χ1) is 7.18. The molecule has 4 nitrogen and oxygen atoms in total. The number of likely N-dealkylation sites (N-methyl/N-ethyl adjacent to an activating group) is 1. The monoisotopic (exact) mass is 270 g/mol. The van der Waals surface area contributed by atoms with E-state index in [1.807, 2.05) is 0 Å². The van der Waals surface area contributed by atoms with Gasteiger partial charge in [-0.2, -0.15) is 0 Å². The summed E-state index contributed by atoms with van der Waals surface area (Å²) in [7, 11) is 2.16. The lowest BCUT2D eigenvalue weighted by Gasteiger charge is -2.39. The van der Waals surface area contributed by atoms with Crippen LogP contribution in [0.5, 0.6) is 0 Å². The lowest BCUT2D eigenvalue weighted by Crippen LogP contribution is -2.51. The van der Waals surface area contributed by atoms with Gasteiger partial charge in [0.15, 0.2) is 0 Å². The molecule has 1 aliphatic heterocycles. The van der Waals surface area contributed by atoms with E-state index >= 15 is 0 Å². The van der Waals surface area contributed by atoms with Crippen LogP contribution in [0.25, 0.3) is 0 Å². The van der Waals surface area contributed by atoms with Gasteiger partial charge in [-0.05, 0) is 29.9 Å². The molecule has 0 radical (unpaired) electrons. The topological polar surface area (TPSA) is 32.3 Å². The second-order valence-electron chi connectivity index (χ2n) is 4.00. The molecule has 1 aromatic rings. The van der Waals surface area contributed by atoms with Crippen LogP contribution in [-0.2, 0) is 0 Å². The van der Waals surface area contributed by atoms with Crippen LogP contribution < -0.4 is 4.90 Å². The largest absolute Gasteiger partial charge is 0.350 e. The molecule has 0 aromatic carbocycles. The normalized spacial score (nSPS) is 23.1. The van der Waals surface area contributed by atoms with Gasteiger partial charge in [-0.25, -0.2) is 9.97 Å². The predicted molar refractivity (Wildman–Crippen MR) is 64.0 cm³/mol. The van der Waals surface area contributed by atoms with E-state index in [1.165, 1.54) is 0 Å². The number of piperazine rings is 1. The molecule has 2 heterocycles. The van der Waals surface area contributed by atoms with Crippen molar-refractivity contribution < 1.29 is 0 Å². The zero-order valence-electron chi connectivity index (χ0n) is 9.02. The molecule has 0 aliphatic carbocycles. The zero-order chi connectivity index (χ0) is 10.8. The van der Waals surface area contributed by atoms with Gasteiger partial charge in [0.25, 0.3) is 0 Å². The maximum absolute atomic E-state index is 4.33. The predicted octanol–water partition coefficient (Wildman–Crippen LogP) is 1.38. The minimum Gasteiger partial charge on any atom is -0.350 e. The van der Waals surface area contributed by atoms with Gasteiger partial charge < -0.3 is 9.80 Å². The third kappa shape index (κ3) is 2.29. The minimum absolute atomic E-state index is 0.495. The van der Waals surface area contributed by atoms with Crippen LogP contribution in [-0.4, -0.2) is 47.6 Å². The van der Waals surface area contributed by atoms with Crippen LogP contribution in [0.1, 0.15) is 6.92 Å². The molecule has 1 aliphatic rings. The van der Waals surface area contributed by atoms with Crippen molar-refractivity contribution in [3.63, 3.8) is 0 Å². The molecule has 1 fully saturated rings. The maximum Gasteiger partial charge on any atom is 0.146 e. The van der Waals surface area contributed by atoms with Gasteiger partial charge in [-0.3, -0.25) is 0 Å². The molecule has 82 valence electrons. The fourth-order valence-corrected chi connectivity index (χ4v) is 2.42. The van der Waals surface area contributed by atoms with Crippen molar-refractivity contribution in [1.29, 1.82) is 0 Å². The molecule has 0 bridgehead atoms. The molecule has 1 saturated heterocycles. The molecule has 0 spiro atoms. The summed E-state index contributed by atoms with van der Waals surface area (Å²) in [6.07, 6.45) is 3.40. The maximum atomic E-state index is 4.33. The first kappa shape index (κ1) is 10.8. The SMILES string of the molecule is CC1CN(C)CCN1c1ncncc1Br. The van der Waals surface area contributed by atoms with Crippen molar-refractivity contribution in [2.75, 3.05) is 31.6 Å². The highest BCUT2D eigenvalue weighted by molar-refractivity contribution is 9.10. The van der Waals surface area contributed by atoms with E-state index in [-0.39, 0.29) is 0 Å². The number of hydrogen-bond acceptors (Lipinski definition) is 4. The Hall–Kier alpha value is -0.680. The van der Waals surface area contributed by atoms with Crippen LogP contribution in [0, 0.1) is 0 Å². The number of rotatable bonds is 1. The Morgan fingerprint density at radius 1 is 1.47 bits per heavy atom. The van der Waals surface area contributed by atoms with E-state index in [1.54, 1.807) is 12.5 Å². The summed E-state index contributed by atoms with van der Waals surface area (Å²) in [4.78, 5) is 13.0. The zero-order valence-corrected chi connectivity index (χ0v) is 10.6. The van der Waals surface area contributed by atoms with Crippen LogP contribution >= 0.6 is 15.9 Å². The van der Waals surface area contributed by atoms with Gasteiger partial charge in [0.1, 0.15) is 12.1 Å². The number of halogens is 1. The molecular weight excluding hydrogens is 256 g/mol. The van der Waals surface area contributed by atoms with Crippen molar-refractivity contribution in [2.45, 2.75) is 13.0 Å². The van der Waals surface area contributed by atoms with Gasteiger partial charge >= 0.3 is 0 Å². The highest BCUT2D eigenvalue weighted by Crippen LogP contribution is 2.25. The van der Waals surface area contributed by atoms with Crippen LogP contribution in [0.3, 0.4) is 0 Å². The van der Waals surface area contributed by atoms with E-state index in [0.717, 1.165) is 29.9 Å². The molecule has 1 unspecified atom stereocenters. The van der Waals surface area contributed by atoms with E-state index in [0.29, 0.717) is 6.04 Å². The Morgan fingerprint density at radius 3 is 2.93 bits per heavy atom. The minimum atomic E-state index is 0.495. The van der Waals surface area contributed by atoms with Crippen LogP contribution in [0.2, 0.25) is 0 Å². The summed E-state index contributed by atoms with van der Waals surface area (Å²) in [6, 6.07) is 0.495. The summed E-state index contributed by atoms with van der Waals surface area (Å²) in [5.41, 5.74) is 0. The number of aromatic nitrogens is 2. The van der Waals surface area contributed by atoms with Gasteiger partial charge in [-0.15, -0.1) is 0 Å². The van der Waals surface area contributed by atoms with E-state index in [9.17, 15) is 0 Å². The van der Waals surface area contributed by atoms with E-state index in [4.69, 9.17) is 0 Å². The molecule has 1 aromatic heterocycles. The van der Waals surface area contributed by atoms with Crippen molar-refractivity contribution in [3.05, 3.63) is 17.0 Å². The highest BCUT2D eigenvalue weighted by Gasteiger charge is 2.23. The Balaban J connectivity index is 2.20. The molecule has 1 atom stereocenters. The van der Waals surface area contributed by atoms with Gasteiger partial charge in [0.2, 0.25) is 0 Å². The third-order valence-electron chi connectivity index (χ3n) is 2.75. The Morgan fingerprint density at radius 2 is 2.27 bits per heavy atom. The number of hydrogen-bond donors (Lipinski definition) is 0. The van der Waals surface area contributed by atoms with Crippen molar-refractivity contribution in [3.8, 4) is 0 Å². The summed E-state index contributed by atoms with van der Waals surface area (Å²) in [5.74, 6) is 1.01. The number of anilines is 1. The molecule has 5 heteroatoms. The molecule has 15 heavy (non-hydrogen) atoms. The summed E-state index contributed by atoms with van der Waals surface area (Å²) >= 11 is 3.49. The Bertz CT molecular complexity index is 344. The third-order valence-corrected chi connectivity index (χ3v) is 3.31. The van der Waals surface area contributed by atoms with E-state index in [2.05, 4.69) is 49.7 Å². The first-order valence-electron chi connectivity index (χ1n) is 5.09. The summed E-state index contributed by atoms with van der Waals surface area (Å²) in [5, 5.41) is 0. The summed E-state index contributed by atoms with van der Waals surface area (Å²) in [6.45, 7) is 5.41. The average Bonchev–Trinajstić information content (AvgIpc) is 2.20. The molecule has 0 N–H and O–H groups in total. The van der Waals surface area contributed by atoms with Gasteiger partial charge in [-0.1, -0.05) is 0 Å². The Kier molecular flexibility index (Phi) is 3.21. The Labute approximate surface area is 98.4 Å². The number of nitrogens with zero attached hydrogens (tertiary/aromatic N) is 4. The standard InChI is InChI=1S/C10H15BrN4/c1-8-6-14(2)3-4-15(8)10-9(11)5-12-7-13-10/h5,7-8H,3-4,6H2,1-2H3. The van der Waals surface area contributed by atoms with Crippen LogP contribution in [0.4, 0.5) is 5.82 Å². The fraction of sp³-hybridized carbons (Fsp3) is 0.600.